The second kappa shape index (κ2) is 8.77. The zero-order valence-electron chi connectivity index (χ0n) is 16.5. The van der Waals surface area contributed by atoms with E-state index in [1.165, 1.54) is 24.9 Å². The number of aromatic nitrogens is 2. The molecule has 4 rings (SSSR count). The Bertz CT molecular complexity index is 948. The van der Waals surface area contributed by atoms with Gasteiger partial charge in [0.15, 0.2) is 0 Å². The van der Waals surface area contributed by atoms with E-state index < -0.39 is 0 Å². The lowest BCUT2D eigenvalue weighted by molar-refractivity contribution is 0.0942. The van der Waals surface area contributed by atoms with Crippen molar-refractivity contribution in [1.82, 2.24) is 15.3 Å². The van der Waals surface area contributed by atoms with E-state index in [4.69, 9.17) is 4.42 Å². The van der Waals surface area contributed by atoms with Gasteiger partial charge in [-0.05, 0) is 62.6 Å². The van der Waals surface area contributed by atoms with Crippen LogP contribution >= 0.6 is 0 Å². The fraction of sp³-hybridized carbons (Fsp3) is 0.318. The van der Waals surface area contributed by atoms with Crippen LogP contribution in [0.25, 0.3) is 0 Å². The minimum Gasteiger partial charge on any atom is -0.467 e. The molecule has 1 aliphatic heterocycles. The first-order valence-corrected chi connectivity index (χ1v) is 9.96. The maximum Gasteiger partial charge on any atom is 0.270 e. The van der Waals surface area contributed by atoms with Crippen molar-refractivity contribution < 1.29 is 9.21 Å². The number of carbonyl (C=O) groups is 1. The van der Waals surface area contributed by atoms with Gasteiger partial charge in [-0.1, -0.05) is 0 Å². The maximum absolute atomic E-state index is 12.4. The summed E-state index contributed by atoms with van der Waals surface area (Å²) in [6, 6.07) is 13.6. The molecule has 7 heteroatoms. The predicted octanol–water partition coefficient (Wildman–Crippen LogP) is 4.04. The molecule has 3 heterocycles. The zero-order valence-corrected chi connectivity index (χ0v) is 16.5. The van der Waals surface area contributed by atoms with Crippen LogP contribution in [0.3, 0.4) is 0 Å². The molecule has 2 aromatic heterocycles. The largest absolute Gasteiger partial charge is 0.467 e. The quantitative estimate of drug-likeness (QED) is 0.660. The highest BCUT2D eigenvalue weighted by atomic mass is 16.3. The van der Waals surface area contributed by atoms with Crippen molar-refractivity contribution in [3.8, 4) is 0 Å². The van der Waals surface area contributed by atoms with Crippen molar-refractivity contribution in [2.75, 3.05) is 23.3 Å². The van der Waals surface area contributed by atoms with Gasteiger partial charge in [-0.15, -0.1) is 0 Å². The molecule has 0 aliphatic carbocycles. The fourth-order valence-corrected chi connectivity index (χ4v) is 3.47. The van der Waals surface area contributed by atoms with Gasteiger partial charge in [0.1, 0.15) is 23.1 Å². The molecule has 29 heavy (non-hydrogen) atoms. The Labute approximate surface area is 170 Å². The topological polar surface area (TPSA) is 83.3 Å². The Morgan fingerprint density at radius 2 is 1.90 bits per heavy atom. The van der Waals surface area contributed by atoms with Crippen LogP contribution in [0.2, 0.25) is 0 Å². The highest BCUT2D eigenvalue weighted by Gasteiger charge is 2.13. The summed E-state index contributed by atoms with van der Waals surface area (Å²) in [6.07, 6.45) is 5.41. The number of nitrogens with zero attached hydrogens (tertiary/aromatic N) is 3. The molecule has 0 atom stereocenters. The summed E-state index contributed by atoms with van der Waals surface area (Å²) < 4.78 is 5.24. The number of hydrogen-bond acceptors (Lipinski definition) is 6. The number of benzene rings is 1. The number of rotatable bonds is 6. The summed E-state index contributed by atoms with van der Waals surface area (Å²) in [6.45, 7) is 4.33. The van der Waals surface area contributed by atoms with E-state index in [2.05, 4.69) is 37.6 Å². The highest BCUT2D eigenvalue weighted by Crippen LogP contribution is 2.23. The fourth-order valence-electron chi connectivity index (χ4n) is 3.47. The first kappa shape index (κ1) is 19.0. The third-order valence-electron chi connectivity index (χ3n) is 4.93. The van der Waals surface area contributed by atoms with E-state index in [1.54, 1.807) is 25.3 Å². The van der Waals surface area contributed by atoms with Crippen LogP contribution in [-0.2, 0) is 6.54 Å². The van der Waals surface area contributed by atoms with Gasteiger partial charge in [-0.3, -0.25) is 4.79 Å². The Balaban J connectivity index is 1.42. The van der Waals surface area contributed by atoms with Crippen molar-refractivity contribution in [2.24, 2.45) is 0 Å². The number of nitrogens with one attached hydrogen (secondary N) is 2. The van der Waals surface area contributed by atoms with Crippen molar-refractivity contribution >= 4 is 23.1 Å². The third kappa shape index (κ3) is 4.93. The van der Waals surface area contributed by atoms with E-state index in [0.29, 0.717) is 29.6 Å². The van der Waals surface area contributed by atoms with Crippen molar-refractivity contribution in [3.63, 3.8) is 0 Å². The van der Waals surface area contributed by atoms with Gasteiger partial charge in [-0.2, -0.15) is 0 Å². The summed E-state index contributed by atoms with van der Waals surface area (Å²) >= 11 is 0. The maximum atomic E-state index is 12.4. The van der Waals surface area contributed by atoms with Crippen LogP contribution in [-0.4, -0.2) is 29.0 Å². The minimum atomic E-state index is -0.268. The van der Waals surface area contributed by atoms with E-state index >= 15 is 0 Å². The van der Waals surface area contributed by atoms with E-state index in [1.807, 2.05) is 18.2 Å². The van der Waals surface area contributed by atoms with E-state index in [0.717, 1.165) is 18.8 Å². The molecule has 1 saturated heterocycles. The average Bonchev–Trinajstić information content (AvgIpc) is 3.26. The normalized spacial score (nSPS) is 13.9. The molecule has 0 saturated carbocycles. The molecule has 7 nitrogen and oxygen atoms in total. The molecule has 1 fully saturated rings. The van der Waals surface area contributed by atoms with E-state index in [9.17, 15) is 4.79 Å². The second-order valence-corrected chi connectivity index (χ2v) is 7.17. The number of aryl methyl sites for hydroxylation is 1. The van der Waals surface area contributed by atoms with Crippen molar-refractivity contribution in [3.05, 3.63) is 66.0 Å². The predicted molar refractivity (Wildman–Crippen MR) is 112 cm³/mol. The Kier molecular flexibility index (Phi) is 5.74. The van der Waals surface area contributed by atoms with Gasteiger partial charge in [-0.25, -0.2) is 9.97 Å². The first-order chi connectivity index (χ1) is 14.2. The summed E-state index contributed by atoms with van der Waals surface area (Å²) in [5, 5.41) is 6.08. The van der Waals surface area contributed by atoms with Gasteiger partial charge in [0, 0.05) is 30.5 Å². The van der Waals surface area contributed by atoms with Gasteiger partial charge in [0.2, 0.25) is 0 Å². The zero-order chi connectivity index (χ0) is 20.1. The molecule has 3 aromatic rings. The second-order valence-electron chi connectivity index (χ2n) is 7.17. The summed E-state index contributed by atoms with van der Waals surface area (Å²) in [5.74, 6) is 1.54. The highest BCUT2D eigenvalue weighted by molar-refractivity contribution is 5.93. The molecule has 0 unspecified atom stereocenters. The van der Waals surface area contributed by atoms with Crippen LogP contribution in [0, 0.1) is 6.92 Å². The third-order valence-corrected chi connectivity index (χ3v) is 4.93. The van der Waals surface area contributed by atoms with Gasteiger partial charge < -0.3 is 20.0 Å². The lowest BCUT2D eigenvalue weighted by Crippen LogP contribution is -2.29. The Hall–Kier alpha value is -3.35. The Morgan fingerprint density at radius 1 is 1.10 bits per heavy atom. The smallest absolute Gasteiger partial charge is 0.270 e. The summed E-state index contributed by atoms with van der Waals surface area (Å²) in [4.78, 5) is 23.5. The first-order valence-electron chi connectivity index (χ1n) is 9.96. The minimum absolute atomic E-state index is 0.268. The molecule has 1 aromatic carbocycles. The summed E-state index contributed by atoms with van der Waals surface area (Å²) in [7, 11) is 0. The molecule has 0 radical (unpaired) electrons. The molecular weight excluding hydrogens is 366 g/mol. The van der Waals surface area contributed by atoms with Gasteiger partial charge in [0.25, 0.3) is 5.91 Å². The Morgan fingerprint density at radius 3 is 2.62 bits per heavy atom. The average molecular weight is 391 g/mol. The van der Waals surface area contributed by atoms with E-state index in [-0.39, 0.29) is 5.91 Å². The number of furan rings is 1. The van der Waals surface area contributed by atoms with Crippen LogP contribution in [0.4, 0.5) is 17.2 Å². The van der Waals surface area contributed by atoms with Crippen molar-refractivity contribution in [1.29, 1.82) is 0 Å². The number of piperidine rings is 1. The van der Waals surface area contributed by atoms with Crippen LogP contribution < -0.4 is 15.5 Å². The van der Waals surface area contributed by atoms with Gasteiger partial charge >= 0.3 is 0 Å². The number of hydrogen-bond donors (Lipinski definition) is 2. The standard InChI is InChI=1S/C22H25N5O2/c1-16-24-20(22(28)23-15-19-6-5-13-29-19)14-21(25-16)26-17-7-9-18(10-8-17)27-11-3-2-4-12-27/h5-10,13-14H,2-4,11-12,15H2,1H3,(H,23,28)(H,24,25,26). The lowest BCUT2D eigenvalue weighted by Gasteiger charge is -2.28. The molecule has 0 bridgehead atoms. The molecular formula is C22H25N5O2. The number of anilines is 3. The monoisotopic (exact) mass is 391 g/mol. The number of amides is 1. The lowest BCUT2D eigenvalue weighted by atomic mass is 10.1. The van der Waals surface area contributed by atoms with Crippen LogP contribution in [0.15, 0.2) is 53.1 Å². The van der Waals surface area contributed by atoms with Crippen LogP contribution in [0.5, 0.6) is 0 Å². The molecule has 150 valence electrons. The molecule has 1 aliphatic rings. The van der Waals surface area contributed by atoms with Gasteiger partial charge in [0.05, 0.1) is 12.8 Å². The molecule has 1 amide bonds. The number of carbonyl (C=O) groups excluding carboxylic acids is 1. The van der Waals surface area contributed by atoms with Crippen molar-refractivity contribution in [2.45, 2.75) is 32.7 Å². The SMILES string of the molecule is Cc1nc(Nc2ccc(N3CCCCC3)cc2)cc(C(=O)NCc2ccco2)n1. The summed E-state index contributed by atoms with van der Waals surface area (Å²) in [5.41, 5.74) is 2.48. The molecule has 0 spiro atoms. The molecule has 2 N–H and O–H groups in total. The van der Waals surface area contributed by atoms with Crippen LogP contribution in [0.1, 0.15) is 41.3 Å².